The van der Waals surface area contributed by atoms with Gasteiger partial charge in [-0.3, -0.25) is 0 Å². The average Bonchev–Trinajstić information content (AvgIpc) is 2.44. The van der Waals surface area contributed by atoms with Crippen molar-refractivity contribution in [1.82, 2.24) is 4.98 Å². The lowest BCUT2D eigenvalue weighted by Crippen LogP contribution is -2.06. The lowest BCUT2D eigenvalue weighted by molar-refractivity contribution is 0.321. The molecule has 112 valence electrons. The minimum absolute atomic E-state index is 0.0592. The Kier molecular flexibility index (Phi) is 4.25. The van der Waals surface area contributed by atoms with E-state index in [1.165, 1.54) is 12.1 Å². The van der Waals surface area contributed by atoms with Crippen LogP contribution in [0.4, 0.5) is 33.3 Å². The topological polar surface area (TPSA) is 34.1 Å². The number of ether oxygens (including phenoxy) is 1. The van der Waals surface area contributed by atoms with Crippen LogP contribution in [0.25, 0.3) is 0 Å². The van der Waals surface area contributed by atoms with Crippen molar-refractivity contribution >= 4 is 11.4 Å². The fourth-order valence-corrected chi connectivity index (χ4v) is 1.59. The second-order valence-corrected chi connectivity index (χ2v) is 3.90. The van der Waals surface area contributed by atoms with Gasteiger partial charge in [0.1, 0.15) is 5.69 Å². The Morgan fingerprint density at radius 2 is 1.67 bits per heavy atom. The van der Waals surface area contributed by atoms with Crippen LogP contribution < -0.4 is 10.1 Å². The van der Waals surface area contributed by atoms with E-state index in [-0.39, 0.29) is 18.0 Å². The van der Waals surface area contributed by atoms with Gasteiger partial charge in [-0.15, -0.1) is 0 Å². The maximum atomic E-state index is 13.6. The molecular weight excluding hydrogens is 295 g/mol. The van der Waals surface area contributed by atoms with Gasteiger partial charge in [0, 0.05) is 11.8 Å². The summed E-state index contributed by atoms with van der Waals surface area (Å²) < 4.78 is 71.2. The van der Waals surface area contributed by atoms with Gasteiger partial charge in [-0.1, -0.05) is 0 Å². The smallest absolute Gasteiger partial charge is 0.253 e. The normalized spacial score (nSPS) is 10.6. The highest BCUT2D eigenvalue weighted by molar-refractivity contribution is 5.61. The molecule has 1 aromatic carbocycles. The lowest BCUT2D eigenvalue weighted by atomic mass is 10.2. The molecule has 0 radical (unpaired) electrons. The van der Waals surface area contributed by atoms with E-state index in [1.807, 2.05) is 0 Å². The molecule has 2 aromatic rings. The Morgan fingerprint density at radius 1 is 1.05 bits per heavy atom. The minimum atomic E-state index is -1.80. The van der Waals surface area contributed by atoms with Crippen LogP contribution in [0.15, 0.2) is 18.2 Å². The summed E-state index contributed by atoms with van der Waals surface area (Å²) in [6.45, 7) is 1.88. The SMILES string of the molecule is CCOc1ccc(Nc2c(F)c(F)nc(F)c2F)cc1F. The quantitative estimate of drug-likeness (QED) is 0.686. The van der Waals surface area contributed by atoms with Gasteiger partial charge in [0.05, 0.1) is 6.61 Å². The number of hydrogen-bond donors (Lipinski definition) is 1. The zero-order valence-electron chi connectivity index (χ0n) is 10.7. The standard InChI is InChI=1S/C13H9F5N2O/c1-2-21-8-4-3-6(5-7(8)14)19-11-9(15)12(17)20-13(18)10(11)16/h3-5H,2H2,1H3,(H,19,20). The van der Waals surface area contributed by atoms with Gasteiger partial charge in [-0.25, -0.2) is 4.39 Å². The third-order valence-electron chi connectivity index (χ3n) is 2.50. The molecule has 1 N–H and O–H groups in total. The van der Waals surface area contributed by atoms with Crippen LogP contribution in [-0.4, -0.2) is 11.6 Å². The Bertz CT molecular complexity index is 652. The molecule has 1 heterocycles. The molecule has 0 unspecified atom stereocenters. The van der Waals surface area contributed by atoms with Crippen molar-refractivity contribution in [2.24, 2.45) is 0 Å². The van der Waals surface area contributed by atoms with Crippen molar-refractivity contribution in [2.45, 2.75) is 6.92 Å². The number of anilines is 2. The molecule has 0 fully saturated rings. The fourth-order valence-electron chi connectivity index (χ4n) is 1.59. The summed E-state index contributed by atoms with van der Waals surface area (Å²) in [6, 6.07) is 3.33. The van der Waals surface area contributed by atoms with Crippen LogP contribution in [0.1, 0.15) is 6.92 Å². The number of pyridine rings is 1. The predicted octanol–water partition coefficient (Wildman–Crippen LogP) is 3.92. The van der Waals surface area contributed by atoms with E-state index in [1.54, 1.807) is 6.92 Å². The number of hydrogen-bond acceptors (Lipinski definition) is 3. The van der Waals surface area contributed by atoms with Crippen molar-refractivity contribution < 1.29 is 26.7 Å². The Hall–Kier alpha value is -2.38. The van der Waals surface area contributed by atoms with Crippen LogP contribution in [0.5, 0.6) is 5.75 Å². The maximum Gasteiger partial charge on any atom is 0.253 e. The fraction of sp³-hybridized carbons (Fsp3) is 0.154. The highest BCUT2D eigenvalue weighted by atomic mass is 19.2. The minimum Gasteiger partial charge on any atom is -0.491 e. The number of rotatable bonds is 4. The largest absolute Gasteiger partial charge is 0.491 e. The van der Waals surface area contributed by atoms with Gasteiger partial charge in [0.2, 0.25) is 11.6 Å². The number of nitrogens with zero attached hydrogens (tertiary/aromatic N) is 1. The van der Waals surface area contributed by atoms with Crippen molar-refractivity contribution in [1.29, 1.82) is 0 Å². The molecule has 0 saturated heterocycles. The van der Waals surface area contributed by atoms with Crippen LogP contribution in [0, 0.1) is 29.3 Å². The monoisotopic (exact) mass is 304 g/mol. The Labute approximate surface area is 116 Å². The molecule has 0 spiro atoms. The van der Waals surface area contributed by atoms with E-state index in [0.717, 1.165) is 6.07 Å². The Balaban J connectivity index is 2.37. The zero-order chi connectivity index (χ0) is 15.6. The van der Waals surface area contributed by atoms with Gasteiger partial charge >= 0.3 is 0 Å². The molecule has 0 amide bonds. The molecule has 21 heavy (non-hydrogen) atoms. The van der Waals surface area contributed by atoms with Crippen molar-refractivity contribution in [3.63, 3.8) is 0 Å². The van der Waals surface area contributed by atoms with E-state index in [4.69, 9.17) is 4.74 Å². The highest BCUT2D eigenvalue weighted by Gasteiger charge is 2.21. The molecule has 0 bridgehead atoms. The lowest BCUT2D eigenvalue weighted by Gasteiger charge is -2.11. The van der Waals surface area contributed by atoms with Gasteiger partial charge in [0.25, 0.3) is 11.9 Å². The third-order valence-corrected chi connectivity index (χ3v) is 2.50. The van der Waals surface area contributed by atoms with E-state index in [0.29, 0.717) is 0 Å². The van der Waals surface area contributed by atoms with Gasteiger partial charge in [0.15, 0.2) is 11.6 Å². The van der Waals surface area contributed by atoms with Crippen molar-refractivity contribution in [3.05, 3.63) is 47.5 Å². The molecular formula is C13H9F5N2O. The molecule has 1 aromatic heterocycles. The molecule has 2 rings (SSSR count). The van der Waals surface area contributed by atoms with Gasteiger partial charge < -0.3 is 10.1 Å². The average molecular weight is 304 g/mol. The number of benzene rings is 1. The summed E-state index contributed by atoms with van der Waals surface area (Å²) >= 11 is 0. The summed E-state index contributed by atoms with van der Waals surface area (Å²) in [6.07, 6.45) is 0. The Morgan fingerprint density at radius 3 is 2.19 bits per heavy atom. The molecule has 8 heteroatoms. The van der Waals surface area contributed by atoms with Crippen molar-refractivity contribution in [3.8, 4) is 5.75 Å². The first-order chi connectivity index (χ1) is 9.93. The first-order valence-corrected chi connectivity index (χ1v) is 5.83. The highest BCUT2D eigenvalue weighted by Crippen LogP contribution is 2.28. The van der Waals surface area contributed by atoms with Gasteiger partial charge in [-0.2, -0.15) is 22.5 Å². The first kappa shape index (κ1) is 15.0. The number of halogens is 5. The summed E-state index contributed by atoms with van der Waals surface area (Å²) in [5.41, 5.74) is -1.21. The second-order valence-electron chi connectivity index (χ2n) is 3.90. The van der Waals surface area contributed by atoms with Gasteiger partial charge in [-0.05, 0) is 19.1 Å². The molecule has 0 aliphatic heterocycles. The summed E-state index contributed by atoms with van der Waals surface area (Å²) in [5, 5.41) is 2.07. The maximum absolute atomic E-state index is 13.6. The molecule has 0 aliphatic rings. The summed E-state index contributed by atoms with van der Waals surface area (Å²) in [7, 11) is 0. The van der Waals surface area contributed by atoms with Crippen LogP contribution in [-0.2, 0) is 0 Å². The molecule has 0 aliphatic carbocycles. The third kappa shape index (κ3) is 3.04. The van der Waals surface area contributed by atoms with Crippen LogP contribution in [0.3, 0.4) is 0 Å². The van der Waals surface area contributed by atoms with E-state index in [2.05, 4.69) is 10.3 Å². The number of nitrogens with one attached hydrogen (secondary N) is 1. The summed E-state index contributed by atoms with van der Waals surface area (Å²) in [4.78, 5) is 2.41. The molecule has 0 atom stereocenters. The number of aromatic nitrogens is 1. The second kappa shape index (κ2) is 5.94. The van der Waals surface area contributed by atoms with Crippen LogP contribution in [0.2, 0.25) is 0 Å². The first-order valence-electron chi connectivity index (χ1n) is 5.83. The van der Waals surface area contributed by atoms with E-state index in [9.17, 15) is 22.0 Å². The molecule has 0 saturated carbocycles. The van der Waals surface area contributed by atoms with E-state index < -0.39 is 35.0 Å². The zero-order valence-corrected chi connectivity index (χ0v) is 10.7. The van der Waals surface area contributed by atoms with E-state index >= 15 is 0 Å². The van der Waals surface area contributed by atoms with Crippen molar-refractivity contribution in [2.75, 3.05) is 11.9 Å². The molecule has 3 nitrogen and oxygen atoms in total. The van der Waals surface area contributed by atoms with Crippen LogP contribution >= 0.6 is 0 Å². The predicted molar refractivity (Wildman–Crippen MR) is 64.9 cm³/mol. The summed E-state index contributed by atoms with van der Waals surface area (Å²) in [5.74, 6) is -7.87.